The van der Waals surface area contributed by atoms with Crippen LogP contribution in [0.4, 0.5) is 18.9 Å². The summed E-state index contributed by atoms with van der Waals surface area (Å²) in [5.41, 5.74) is 7.96. The number of aliphatic hydroxyl groups is 1. The summed E-state index contributed by atoms with van der Waals surface area (Å²) in [5, 5.41) is 12.9. The number of aliphatic hydroxyl groups excluding tert-OH is 1. The zero-order valence-electron chi connectivity index (χ0n) is 16.2. The third-order valence-corrected chi connectivity index (χ3v) is 4.48. The molecule has 1 unspecified atom stereocenters. The van der Waals surface area contributed by atoms with Crippen LogP contribution in [0.1, 0.15) is 29.4 Å². The topological polar surface area (TPSA) is 89.5 Å². The lowest BCUT2D eigenvalue weighted by molar-refractivity contribution is -0.274. The number of nitrogens with one attached hydrogen (secondary N) is 1. The van der Waals surface area contributed by atoms with E-state index in [0.717, 1.165) is 5.39 Å². The Morgan fingerprint density at radius 2 is 2.00 bits per heavy atom. The summed E-state index contributed by atoms with van der Waals surface area (Å²) in [6.07, 6.45) is -4.94. The maximum Gasteiger partial charge on any atom is 0.573 e. The van der Waals surface area contributed by atoms with E-state index in [1.54, 1.807) is 41.8 Å². The fraction of sp³-hybridized carbons (Fsp3) is 0.286. The summed E-state index contributed by atoms with van der Waals surface area (Å²) in [6.45, 7) is 2.07. The van der Waals surface area contributed by atoms with Crippen LogP contribution in [0.2, 0.25) is 0 Å². The normalized spacial score (nSPS) is 12.7. The minimum Gasteiger partial charge on any atom is -0.406 e. The Bertz CT molecular complexity index is 1040. The van der Waals surface area contributed by atoms with E-state index in [4.69, 9.17) is 5.73 Å². The van der Waals surface area contributed by atoms with Crippen molar-refractivity contribution in [1.82, 2.24) is 9.88 Å². The maximum absolute atomic E-state index is 12.7. The van der Waals surface area contributed by atoms with Crippen LogP contribution in [0.5, 0.6) is 5.75 Å². The smallest absolute Gasteiger partial charge is 0.406 e. The van der Waals surface area contributed by atoms with Crippen LogP contribution in [-0.2, 0) is 6.54 Å². The third-order valence-electron chi connectivity index (χ3n) is 4.48. The Labute approximate surface area is 171 Å². The van der Waals surface area contributed by atoms with Gasteiger partial charge in [-0.3, -0.25) is 4.79 Å². The first-order valence-corrected chi connectivity index (χ1v) is 9.32. The lowest BCUT2D eigenvalue weighted by Crippen LogP contribution is -2.28. The van der Waals surface area contributed by atoms with Crippen molar-refractivity contribution in [2.24, 2.45) is 0 Å². The van der Waals surface area contributed by atoms with E-state index in [0.29, 0.717) is 28.9 Å². The number of fused-ring (bicyclic) bond motifs is 1. The Morgan fingerprint density at radius 1 is 1.23 bits per heavy atom. The minimum atomic E-state index is -4.79. The van der Waals surface area contributed by atoms with Crippen molar-refractivity contribution in [3.05, 3.63) is 59.8 Å². The summed E-state index contributed by atoms with van der Waals surface area (Å²) in [5.74, 6) is -0.684. The van der Waals surface area contributed by atoms with Crippen molar-refractivity contribution in [3.8, 4) is 5.75 Å². The highest BCUT2D eigenvalue weighted by Gasteiger charge is 2.31. The van der Waals surface area contributed by atoms with E-state index in [-0.39, 0.29) is 24.7 Å². The molecule has 2 aromatic carbocycles. The van der Waals surface area contributed by atoms with Crippen LogP contribution >= 0.6 is 0 Å². The van der Waals surface area contributed by atoms with Crippen molar-refractivity contribution in [3.63, 3.8) is 0 Å². The number of carbonyl (C=O) groups excluding carboxylic acids is 1. The number of alkyl halides is 3. The van der Waals surface area contributed by atoms with Gasteiger partial charge in [-0.15, -0.1) is 13.2 Å². The van der Waals surface area contributed by atoms with Gasteiger partial charge in [0.1, 0.15) is 11.4 Å². The Hall–Kier alpha value is -3.20. The first kappa shape index (κ1) is 21.5. The van der Waals surface area contributed by atoms with E-state index >= 15 is 0 Å². The second kappa shape index (κ2) is 8.66. The SMILES string of the molecule is CC(O)CCNC(=O)c1cc2cc(N)ccc2n1Cc1cccc(OC(F)(F)F)c1. The molecule has 0 fully saturated rings. The van der Waals surface area contributed by atoms with Gasteiger partial charge in [0.2, 0.25) is 0 Å². The molecule has 0 bridgehead atoms. The van der Waals surface area contributed by atoms with Crippen molar-refractivity contribution in [2.45, 2.75) is 32.4 Å². The molecule has 4 N–H and O–H groups in total. The molecule has 0 radical (unpaired) electrons. The molecule has 30 heavy (non-hydrogen) atoms. The summed E-state index contributed by atoms with van der Waals surface area (Å²) in [6, 6.07) is 12.5. The Balaban J connectivity index is 1.94. The molecule has 1 heterocycles. The maximum atomic E-state index is 12.7. The molecule has 3 rings (SSSR count). The number of amides is 1. The molecule has 0 saturated carbocycles. The molecule has 9 heteroatoms. The van der Waals surface area contributed by atoms with Gasteiger partial charge in [-0.05, 0) is 55.3 Å². The molecular formula is C21H22F3N3O3. The minimum absolute atomic E-state index is 0.154. The molecule has 1 atom stereocenters. The number of benzene rings is 2. The van der Waals surface area contributed by atoms with Crippen LogP contribution in [0.15, 0.2) is 48.5 Å². The molecule has 0 aliphatic carbocycles. The van der Waals surface area contributed by atoms with Gasteiger partial charge in [0.15, 0.2) is 0 Å². The van der Waals surface area contributed by atoms with Crippen LogP contribution < -0.4 is 15.8 Å². The summed E-state index contributed by atoms with van der Waals surface area (Å²) >= 11 is 0. The van der Waals surface area contributed by atoms with Crippen molar-refractivity contribution >= 4 is 22.5 Å². The van der Waals surface area contributed by atoms with Gasteiger partial charge in [0.05, 0.1) is 6.10 Å². The zero-order chi connectivity index (χ0) is 21.9. The van der Waals surface area contributed by atoms with Crippen molar-refractivity contribution in [1.29, 1.82) is 0 Å². The highest BCUT2D eigenvalue weighted by atomic mass is 19.4. The largest absolute Gasteiger partial charge is 0.573 e. The van der Waals surface area contributed by atoms with E-state index in [2.05, 4.69) is 10.1 Å². The van der Waals surface area contributed by atoms with Crippen LogP contribution in [0.25, 0.3) is 10.9 Å². The number of ether oxygens (including phenoxy) is 1. The second-order valence-corrected chi connectivity index (χ2v) is 7.02. The molecule has 1 amide bonds. The van der Waals surface area contributed by atoms with Crippen LogP contribution in [-0.4, -0.2) is 34.6 Å². The molecule has 0 spiro atoms. The summed E-state index contributed by atoms with van der Waals surface area (Å²) in [4.78, 5) is 12.7. The molecule has 1 aromatic heterocycles. The number of hydrogen-bond donors (Lipinski definition) is 3. The van der Waals surface area contributed by atoms with Crippen LogP contribution in [0, 0.1) is 0 Å². The standard InChI is InChI=1S/C21H22F3N3O3/c1-13(28)7-8-26-20(29)19-11-15-10-16(25)5-6-18(15)27(19)12-14-3-2-4-17(9-14)30-21(22,23)24/h2-6,9-11,13,28H,7-8,12,25H2,1H3,(H,26,29). The van der Waals surface area contributed by atoms with Gasteiger partial charge in [-0.2, -0.15) is 0 Å². The summed E-state index contributed by atoms with van der Waals surface area (Å²) in [7, 11) is 0. The van der Waals surface area contributed by atoms with Gasteiger partial charge >= 0.3 is 6.36 Å². The molecule has 3 aromatic rings. The number of rotatable bonds is 7. The zero-order valence-corrected chi connectivity index (χ0v) is 16.2. The number of anilines is 1. The number of nitrogens with zero attached hydrogens (tertiary/aromatic N) is 1. The number of nitrogen functional groups attached to an aromatic ring is 1. The predicted octanol–water partition coefficient (Wildman–Crippen LogP) is 3.67. The molecule has 0 aliphatic heterocycles. The fourth-order valence-corrected chi connectivity index (χ4v) is 3.16. The van der Waals surface area contributed by atoms with E-state index in [1.165, 1.54) is 18.2 Å². The molecule has 0 aliphatic rings. The van der Waals surface area contributed by atoms with Crippen molar-refractivity contribution < 1.29 is 27.8 Å². The number of hydrogen-bond acceptors (Lipinski definition) is 4. The fourth-order valence-electron chi connectivity index (χ4n) is 3.16. The molecule has 160 valence electrons. The van der Waals surface area contributed by atoms with Gasteiger partial charge in [0.25, 0.3) is 5.91 Å². The third kappa shape index (κ3) is 5.44. The van der Waals surface area contributed by atoms with E-state index < -0.39 is 12.5 Å². The predicted molar refractivity (Wildman–Crippen MR) is 107 cm³/mol. The number of carbonyl (C=O) groups is 1. The highest BCUT2D eigenvalue weighted by Crippen LogP contribution is 2.26. The lowest BCUT2D eigenvalue weighted by atomic mass is 10.2. The van der Waals surface area contributed by atoms with Gasteiger partial charge in [-0.1, -0.05) is 12.1 Å². The molecular weight excluding hydrogens is 399 g/mol. The van der Waals surface area contributed by atoms with Gasteiger partial charge < -0.3 is 25.5 Å². The first-order valence-electron chi connectivity index (χ1n) is 9.32. The van der Waals surface area contributed by atoms with E-state index in [9.17, 15) is 23.1 Å². The highest BCUT2D eigenvalue weighted by molar-refractivity contribution is 5.99. The Morgan fingerprint density at radius 3 is 2.70 bits per heavy atom. The van der Waals surface area contributed by atoms with Gasteiger partial charge in [-0.25, -0.2) is 0 Å². The quantitative estimate of drug-likeness (QED) is 0.508. The molecule has 0 saturated heterocycles. The second-order valence-electron chi connectivity index (χ2n) is 7.02. The number of nitrogens with two attached hydrogens (primary N) is 1. The Kier molecular flexibility index (Phi) is 6.21. The number of halogens is 3. The monoisotopic (exact) mass is 421 g/mol. The average Bonchev–Trinajstić information content (AvgIpc) is 2.97. The van der Waals surface area contributed by atoms with E-state index in [1.807, 2.05) is 0 Å². The lowest BCUT2D eigenvalue weighted by Gasteiger charge is -2.14. The van der Waals surface area contributed by atoms with Gasteiger partial charge in [0, 0.05) is 29.7 Å². The average molecular weight is 421 g/mol. The first-order chi connectivity index (χ1) is 14.1. The van der Waals surface area contributed by atoms with Crippen molar-refractivity contribution in [2.75, 3.05) is 12.3 Å². The summed E-state index contributed by atoms with van der Waals surface area (Å²) < 4.78 is 43.3. The number of aromatic nitrogens is 1. The molecule has 6 nitrogen and oxygen atoms in total. The van der Waals surface area contributed by atoms with Crippen LogP contribution in [0.3, 0.4) is 0 Å².